The summed E-state index contributed by atoms with van der Waals surface area (Å²) in [5, 5.41) is 14.2. The molecule has 0 aliphatic rings. The molecule has 1 heterocycles. The van der Waals surface area contributed by atoms with E-state index in [0.29, 0.717) is 0 Å². The van der Waals surface area contributed by atoms with Crippen molar-refractivity contribution in [2.24, 2.45) is 0 Å². The first-order valence-electron chi connectivity index (χ1n) is 4.29. The van der Waals surface area contributed by atoms with E-state index in [1.165, 1.54) is 11.8 Å². The molecule has 0 aliphatic carbocycles. The van der Waals surface area contributed by atoms with Crippen LogP contribution in [0.3, 0.4) is 0 Å². The number of hydrogen-bond acceptors (Lipinski definition) is 5. The molecule has 7 nitrogen and oxygen atoms in total. The van der Waals surface area contributed by atoms with Crippen molar-refractivity contribution >= 4 is 11.8 Å². The van der Waals surface area contributed by atoms with E-state index in [1.807, 2.05) is 0 Å². The van der Waals surface area contributed by atoms with E-state index in [1.54, 1.807) is 13.8 Å². The largest absolute Gasteiger partial charge is 0.464 e. The summed E-state index contributed by atoms with van der Waals surface area (Å²) in [6.07, 6.45) is 0. The first kappa shape index (κ1) is 11.2. The number of nitro groups is 1. The number of nitrogens with zero attached hydrogens (tertiary/aromatic N) is 3. The molecule has 15 heavy (non-hydrogen) atoms. The zero-order chi connectivity index (χ0) is 11.6. The molecule has 0 aromatic carbocycles. The number of carbonyl (C=O) groups is 1. The summed E-state index contributed by atoms with van der Waals surface area (Å²) >= 11 is 0. The monoisotopic (exact) mass is 213 g/mol. The van der Waals surface area contributed by atoms with Gasteiger partial charge in [-0.25, -0.2) is 4.79 Å². The zero-order valence-electron chi connectivity index (χ0n) is 8.63. The second kappa shape index (κ2) is 4.07. The average molecular weight is 213 g/mol. The number of carbonyl (C=O) groups excluding carboxylic acids is 1. The summed E-state index contributed by atoms with van der Waals surface area (Å²) in [5.41, 5.74) is 0.0826. The Bertz CT molecular complexity index is 397. The normalized spacial score (nSPS) is 10.4. The second-order valence-electron chi connectivity index (χ2n) is 3.17. The smallest absolute Gasteiger partial charge is 0.390 e. The van der Waals surface area contributed by atoms with Crippen molar-refractivity contribution in [1.82, 2.24) is 9.78 Å². The van der Waals surface area contributed by atoms with Crippen LogP contribution in [-0.4, -0.2) is 27.8 Å². The summed E-state index contributed by atoms with van der Waals surface area (Å²) in [6.45, 7) is 3.53. The summed E-state index contributed by atoms with van der Waals surface area (Å²) in [6, 6.07) is 0.957. The lowest BCUT2D eigenvalue weighted by Crippen LogP contribution is -2.13. The minimum atomic E-state index is -0.648. The minimum Gasteiger partial charge on any atom is -0.464 e. The van der Waals surface area contributed by atoms with Crippen LogP contribution in [0.15, 0.2) is 6.07 Å². The highest BCUT2D eigenvalue weighted by atomic mass is 16.6. The Morgan fingerprint density at radius 3 is 2.67 bits per heavy atom. The Morgan fingerprint density at radius 1 is 1.67 bits per heavy atom. The van der Waals surface area contributed by atoms with E-state index in [-0.39, 0.29) is 17.6 Å². The van der Waals surface area contributed by atoms with Crippen LogP contribution in [0.4, 0.5) is 5.82 Å². The van der Waals surface area contributed by atoms with Gasteiger partial charge in [0, 0.05) is 0 Å². The van der Waals surface area contributed by atoms with Gasteiger partial charge in [0.15, 0.2) is 5.69 Å². The van der Waals surface area contributed by atoms with Gasteiger partial charge < -0.3 is 14.9 Å². The van der Waals surface area contributed by atoms with Gasteiger partial charge in [-0.15, -0.1) is 0 Å². The van der Waals surface area contributed by atoms with Crippen LogP contribution >= 0.6 is 0 Å². The Kier molecular flexibility index (Phi) is 3.03. The Morgan fingerprint density at radius 2 is 2.27 bits per heavy atom. The molecule has 0 saturated heterocycles. The second-order valence-corrected chi connectivity index (χ2v) is 3.17. The van der Waals surface area contributed by atoms with Crippen LogP contribution in [0.5, 0.6) is 0 Å². The molecule has 0 atom stereocenters. The molecule has 0 aliphatic heterocycles. The van der Waals surface area contributed by atoms with Gasteiger partial charge in [-0.3, -0.25) is 0 Å². The molecule has 7 heteroatoms. The lowest BCUT2D eigenvalue weighted by Gasteiger charge is -2.03. The molecule has 0 unspecified atom stereocenters. The fourth-order valence-corrected chi connectivity index (χ4v) is 1.12. The summed E-state index contributed by atoms with van der Waals surface area (Å²) in [4.78, 5) is 21.1. The van der Waals surface area contributed by atoms with Crippen molar-refractivity contribution < 1.29 is 14.5 Å². The molecule has 82 valence electrons. The van der Waals surface area contributed by atoms with Gasteiger partial charge in [0.05, 0.1) is 24.3 Å². The molecule has 0 radical (unpaired) electrons. The molecule has 1 rings (SSSR count). The van der Waals surface area contributed by atoms with Crippen LogP contribution < -0.4 is 0 Å². The van der Waals surface area contributed by atoms with Gasteiger partial charge in [0.2, 0.25) is 0 Å². The maximum atomic E-state index is 11.3. The van der Waals surface area contributed by atoms with Gasteiger partial charge >= 0.3 is 11.8 Å². The van der Waals surface area contributed by atoms with Crippen molar-refractivity contribution in [2.45, 2.75) is 19.9 Å². The molecule has 0 saturated carbocycles. The van der Waals surface area contributed by atoms with Crippen molar-refractivity contribution in [3.8, 4) is 0 Å². The molecule has 1 aromatic rings. The van der Waals surface area contributed by atoms with E-state index in [0.717, 1.165) is 6.07 Å². The van der Waals surface area contributed by atoms with Gasteiger partial charge in [-0.1, -0.05) is 0 Å². The molecule has 0 spiro atoms. The molecular formula is C8H11N3O4. The van der Waals surface area contributed by atoms with Crippen LogP contribution in [0.25, 0.3) is 0 Å². The lowest BCUT2D eigenvalue weighted by atomic mass is 10.3. The third kappa shape index (κ3) is 2.12. The van der Waals surface area contributed by atoms with E-state index >= 15 is 0 Å². The zero-order valence-corrected chi connectivity index (χ0v) is 8.63. The van der Waals surface area contributed by atoms with Crippen molar-refractivity contribution in [3.05, 3.63) is 21.9 Å². The highest BCUT2D eigenvalue weighted by Gasteiger charge is 2.25. The number of ether oxygens (including phenoxy) is 1. The van der Waals surface area contributed by atoms with Gasteiger partial charge in [-0.2, -0.15) is 4.68 Å². The van der Waals surface area contributed by atoms with Crippen LogP contribution in [0.1, 0.15) is 30.4 Å². The maximum absolute atomic E-state index is 11.3. The minimum absolute atomic E-state index is 0.0826. The molecule has 0 fully saturated rings. The van der Waals surface area contributed by atoms with Crippen LogP contribution in [0.2, 0.25) is 0 Å². The first-order valence-corrected chi connectivity index (χ1v) is 4.29. The first-order chi connectivity index (χ1) is 6.97. The van der Waals surface area contributed by atoms with Crippen molar-refractivity contribution in [2.75, 3.05) is 7.11 Å². The van der Waals surface area contributed by atoms with E-state index in [9.17, 15) is 14.9 Å². The fourth-order valence-electron chi connectivity index (χ4n) is 1.12. The Hall–Kier alpha value is -1.92. The highest BCUT2D eigenvalue weighted by molar-refractivity contribution is 5.88. The predicted molar refractivity (Wildman–Crippen MR) is 50.6 cm³/mol. The summed E-state index contributed by atoms with van der Waals surface area (Å²) in [5.74, 6) is -0.992. The number of esters is 1. The Labute approximate surface area is 85.8 Å². The summed E-state index contributed by atoms with van der Waals surface area (Å²) in [7, 11) is 1.21. The standard InChI is InChI=1S/C8H11N3O4/c1-5(2)10-6(8(12)15-3)4-7(9-10)11(13)14/h4-5H,1-3H3. The Balaban J connectivity index is 3.23. The third-order valence-electron chi connectivity index (χ3n) is 1.79. The quantitative estimate of drug-likeness (QED) is 0.427. The molecule has 1 aromatic heterocycles. The van der Waals surface area contributed by atoms with E-state index in [4.69, 9.17) is 0 Å². The number of methoxy groups -OCH3 is 1. The van der Waals surface area contributed by atoms with Crippen molar-refractivity contribution in [3.63, 3.8) is 0 Å². The van der Waals surface area contributed by atoms with E-state index in [2.05, 4.69) is 9.84 Å². The number of rotatable bonds is 3. The molecular weight excluding hydrogens is 202 g/mol. The molecule has 0 N–H and O–H groups in total. The van der Waals surface area contributed by atoms with Gasteiger partial charge in [0.1, 0.15) is 0 Å². The SMILES string of the molecule is COC(=O)c1cc([N+](=O)[O-])nn1C(C)C. The van der Waals surface area contributed by atoms with Gasteiger partial charge in [-0.05, 0) is 18.8 Å². The summed E-state index contributed by atoms with van der Waals surface area (Å²) < 4.78 is 5.77. The fraction of sp³-hybridized carbons (Fsp3) is 0.500. The molecule has 0 bridgehead atoms. The third-order valence-corrected chi connectivity index (χ3v) is 1.79. The maximum Gasteiger partial charge on any atom is 0.390 e. The van der Waals surface area contributed by atoms with Crippen LogP contribution in [0, 0.1) is 10.1 Å². The van der Waals surface area contributed by atoms with Crippen LogP contribution in [-0.2, 0) is 4.74 Å². The number of aromatic nitrogens is 2. The van der Waals surface area contributed by atoms with Crippen molar-refractivity contribution in [1.29, 1.82) is 0 Å². The predicted octanol–water partition coefficient (Wildman–Crippen LogP) is 1.16. The average Bonchev–Trinajstić information content (AvgIpc) is 2.61. The highest BCUT2D eigenvalue weighted by Crippen LogP contribution is 2.17. The molecule has 0 amide bonds. The van der Waals surface area contributed by atoms with E-state index < -0.39 is 10.9 Å². The lowest BCUT2D eigenvalue weighted by molar-refractivity contribution is -0.389. The van der Waals surface area contributed by atoms with Gasteiger partial charge in [0.25, 0.3) is 0 Å². The topological polar surface area (TPSA) is 87.3 Å². The number of hydrogen-bond donors (Lipinski definition) is 0.